The van der Waals surface area contributed by atoms with Gasteiger partial charge in [0.2, 0.25) is 23.7 Å². The number of amides is 3. The van der Waals surface area contributed by atoms with Gasteiger partial charge in [-0.1, -0.05) is 18.2 Å². The number of primary amides is 2. The van der Waals surface area contributed by atoms with Crippen LogP contribution in [0.4, 0.5) is 17.6 Å². The number of hydrogen-bond donors (Lipinski definition) is 6. The minimum atomic E-state index is -1.22. The molecule has 0 aliphatic heterocycles. The van der Waals surface area contributed by atoms with Gasteiger partial charge in [-0.3, -0.25) is 29.1 Å². The third-order valence-electron chi connectivity index (χ3n) is 8.82. The van der Waals surface area contributed by atoms with E-state index in [1.165, 1.54) is 30.1 Å². The van der Waals surface area contributed by atoms with Crippen molar-refractivity contribution >= 4 is 63.3 Å². The zero-order chi connectivity index (χ0) is 41.0. The number of nitrogen functional groups attached to an aromatic ring is 1. The highest BCUT2D eigenvalue weighted by Crippen LogP contribution is 2.33. The number of rotatable bonds is 17. The van der Waals surface area contributed by atoms with Crippen LogP contribution < -0.4 is 37.3 Å². The summed E-state index contributed by atoms with van der Waals surface area (Å²) in [6.07, 6.45) is 8.61. The van der Waals surface area contributed by atoms with Crippen molar-refractivity contribution in [3.8, 4) is 11.5 Å². The number of benzene rings is 2. The maximum atomic E-state index is 13.5. The third-order valence-corrected chi connectivity index (χ3v) is 8.82. The van der Waals surface area contributed by atoms with Gasteiger partial charge in [-0.25, -0.2) is 14.8 Å². The highest BCUT2D eigenvalue weighted by atomic mass is 16.5. The van der Waals surface area contributed by atoms with Crippen LogP contribution in [-0.4, -0.2) is 88.2 Å². The minimum absolute atomic E-state index is 0.0517. The summed E-state index contributed by atoms with van der Waals surface area (Å²) in [5.41, 5.74) is 20.1. The lowest BCUT2D eigenvalue weighted by Crippen LogP contribution is -2.20. The fraction of sp³-hybridized carbons (Fsp3) is 0.243. The number of imidazole rings is 2. The van der Waals surface area contributed by atoms with Crippen molar-refractivity contribution in [1.29, 1.82) is 0 Å². The molecule has 0 aliphatic carbocycles. The van der Waals surface area contributed by atoms with E-state index in [1.807, 2.05) is 23.6 Å². The van der Waals surface area contributed by atoms with E-state index in [1.54, 1.807) is 53.6 Å². The Morgan fingerprint density at radius 1 is 0.842 bits per heavy atom. The predicted octanol–water partition coefficient (Wildman–Crippen LogP) is 2.78. The molecule has 0 bridgehead atoms. The lowest BCUT2D eigenvalue weighted by atomic mass is 10.1. The maximum absolute atomic E-state index is 13.5. The van der Waals surface area contributed by atoms with Crippen LogP contribution in [0.2, 0.25) is 0 Å². The Balaban J connectivity index is 1.29. The highest BCUT2D eigenvalue weighted by molar-refractivity contribution is 6.04. The quantitative estimate of drug-likeness (QED) is 0.0728. The van der Waals surface area contributed by atoms with Gasteiger partial charge in [-0.2, -0.15) is 10.2 Å². The van der Waals surface area contributed by atoms with Gasteiger partial charge in [0.25, 0.3) is 5.91 Å². The molecular weight excluding hydrogens is 738 g/mol. The summed E-state index contributed by atoms with van der Waals surface area (Å²) in [6, 6.07) is 7.85. The van der Waals surface area contributed by atoms with Crippen molar-refractivity contribution in [1.82, 2.24) is 38.7 Å². The Morgan fingerprint density at radius 3 is 2.02 bits per heavy atom. The predicted molar refractivity (Wildman–Crippen MR) is 211 cm³/mol. The fourth-order valence-electron chi connectivity index (χ4n) is 6.23. The van der Waals surface area contributed by atoms with E-state index in [9.17, 15) is 24.3 Å². The summed E-state index contributed by atoms with van der Waals surface area (Å²) in [5.74, 6) is -1.62. The number of allylic oxidation sites excluding steroid dienone is 3. The van der Waals surface area contributed by atoms with Crippen molar-refractivity contribution in [2.24, 2.45) is 11.5 Å². The molecule has 0 aliphatic rings. The first-order valence-electron chi connectivity index (χ1n) is 17.6. The molecule has 296 valence electrons. The Hall–Kier alpha value is -7.64. The van der Waals surface area contributed by atoms with Crippen LogP contribution >= 0.6 is 0 Å². The summed E-state index contributed by atoms with van der Waals surface area (Å²) >= 11 is 0. The SMILES string of the molecule is CCn1nc(C)cc1C(=O)Nc1nc2cc(C(N)=O)cc(OC)c2n1C/C=C/Cn1c(NC)nc2cc(C(N)=O)cc(OC/C=C/Cn3cc(N)c(C(=O)O)n3)c21. The normalized spacial score (nSPS) is 11.6. The van der Waals surface area contributed by atoms with Gasteiger partial charge >= 0.3 is 5.97 Å². The molecule has 20 heteroatoms. The molecule has 20 nitrogen and oxygen atoms in total. The molecular formula is C37H41N13O7. The molecule has 6 aromatic rings. The molecule has 4 aromatic heterocycles. The highest BCUT2D eigenvalue weighted by Gasteiger charge is 2.22. The summed E-state index contributed by atoms with van der Waals surface area (Å²) in [5, 5.41) is 23.5. The average Bonchev–Trinajstić information content (AvgIpc) is 3.94. The summed E-state index contributed by atoms with van der Waals surface area (Å²) in [6.45, 7) is 4.98. The number of carbonyl (C=O) groups is 4. The van der Waals surface area contributed by atoms with Crippen molar-refractivity contribution in [3.63, 3.8) is 0 Å². The second kappa shape index (κ2) is 16.4. The van der Waals surface area contributed by atoms with Crippen LogP contribution in [-0.2, 0) is 26.2 Å². The second-order valence-electron chi connectivity index (χ2n) is 12.6. The largest absolute Gasteiger partial charge is 0.494 e. The molecule has 0 saturated heterocycles. The number of carboxylic acid groups (broad SMARTS) is 1. The standard InChI is InChI=1S/C37H41N13O7/c1-5-50-26(14-20(2)45-50)34(53)44-37-43-24-15-21(32(39)51)17-27(56-4)30(24)49(37)12-7-6-11-48-31-25(42-36(48)41-3)16-22(33(40)52)18-28(31)57-13-9-8-10-47-19-23(38)29(46-47)35(54)55/h6-9,14-19H,5,10-13,38H2,1-4H3,(H2,39,51)(H2,40,52)(H,41,42)(H,54,55)(H,43,44,53)/b7-6+,9-8+. The first-order chi connectivity index (χ1) is 27.3. The Morgan fingerprint density at radius 2 is 1.44 bits per heavy atom. The number of aromatic carboxylic acids is 1. The van der Waals surface area contributed by atoms with E-state index >= 15 is 0 Å². The maximum Gasteiger partial charge on any atom is 0.358 e. The molecule has 9 N–H and O–H groups in total. The number of fused-ring (bicyclic) bond motifs is 2. The molecule has 0 atom stereocenters. The molecule has 57 heavy (non-hydrogen) atoms. The van der Waals surface area contributed by atoms with E-state index in [4.69, 9.17) is 26.7 Å². The third kappa shape index (κ3) is 8.09. The van der Waals surface area contributed by atoms with Crippen LogP contribution in [0.1, 0.15) is 54.3 Å². The van der Waals surface area contributed by atoms with E-state index < -0.39 is 23.7 Å². The number of carbonyl (C=O) groups excluding carboxylic acids is 3. The van der Waals surface area contributed by atoms with Crippen LogP contribution in [0.25, 0.3) is 22.1 Å². The Bertz CT molecular complexity index is 2590. The zero-order valence-corrected chi connectivity index (χ0v) is 31.5. The molecule has 0 fully saturated rings. The number of aryl methyl sites for hydroxylation is 2. The van der Waals surface area contributed by atoms with E-state index in [2.05, 4.69) is 30.8 Å². The number of nitrogens with zero attached hydrogens (tertiary/aromatic N) is 8. The molecule has 6 rings (SSSR count). The Labute approximate surface area is 324 Å². The minimum Gasteiger partial charge on any atom is -0.494 e. The van der Waals surface area contributed by atoms with Gasteiger partial charge in [-0.15, -0.1) is 0 Å². The van der Waals surface area contributed by atoms with Crippen molar-refractivity contribution in [2.75, 3.05) is 37.1 Å². The zero-order valence-electron chi connectivity index (χ0n) is 31.5. The molecule has 0 unspecified atom stereocenters. The van der Waals surface area contributed by atoms with Crippen LogP contribution in [0.5, 0.6) is 11.5 Å². The molecule has 0 saturated carbocycles. The van der Waals surface area contributed by atoms with Crippen molar-refractivity contribution in [3.05, 3.63) is 89.0 Å². The van der Waals surface area contributed by atoms with Crippen LogP contribution in [0, 0.1) is 6.92 Å². The van der Waals surface area contributed by atoms with Crippen LogP contribution in [0.3, 0.4) is 0 Å². The molecule has 0 spiro atoms. The average molecular weight is 780 g/mol. The number of hydrogen-bond acceptors (Lipinski definition) is 12. The lowest BCUT2D eigenvalue weighted by Gasteiger charge is -2.12. The van der Waals surface area contributed by atoms with Gasteiger partial charge in [-0.05, 0) is 50.3 Å². The molecule has 4 heterocycles. The second-order valence-corrected chi connectivity index (χ2v) is 12.6. The monoisotopic (exact) mass is 779 g/mol. The number of aromatic nitrogens is 8. The van der Waals surface area contributed by atoms with Gasteiger partial charge < -0.3 is 46.2 Å². The van der Waals surface area contributed by atoms with E-state index in [0.717, 1.165) is 0 Å². The molecule has 3 amide bonds. The van der Waals surface area contributed by atoms with Crippen LogP contribution in [0.15, 0.2) is 60.8 Å². The van der Waals surface area contributed by atoms with Gasteiger partial charge in [0.1, 0.15) is 34.8 Å². The summed E-state index contributed by atoms with van der Waals surface area (Å²) in [7, 11) is 3.17. The topological polar surface area (TPSA) is 280 Å². The number of nitrogens with one attached hydrogen (secondary N) is 2. The van der Waals surface area contributed by atoms with E-state index in [0.29, 0.717) is 57.4 Å². The number of ether oxygens (including phenoxy) is 2. The van der Waals surface area contributed by atoms with Crippen molar-refractivity contribution in [2.45, 2.75) is 40.0 Å². The Kier molecular flexibility index (Phi) is 11.2. The fourth-order valence-corrected chi connectivity index (χ4v) is 6.23. The first kappa shape index (κ1) is 39.1. The number of methoxy groups -OCH3 is 1. The molecule has 0 radical (unpaired) electrons. The first-order valence-corrected chi connectivity index (χ1v) is 17.6. The van der Waals surface area contributed by atoms with Gasteiger partial charge in [0.05, 0.1) is 36.1 Å². The number of carboxylic acids is 1. The number of nitrogens with two attached hydrogens (primary N) is 3. The number of anilines is 3. The smallest absolute Gasteiger partial charge is 0.358 e. The van der Waals surface area contributed by atoms with E-state index in [-0.39, 0.29) is 54.7 Å². The summed E-state index contributed by atoms with van der Waals surface area (Å²) in [4.78, 5) is 58.5. The van der Waals surface area contributed by atoms with Gasteiger partial charge in [0, 0.05) is 44.0 Å². The van der Waals surface area contributed by atoms with Crippen molar-refractivity contribution < 1.29 is 33.8 Å². The van der Waals surface area contributed by atoms with Gasteiger partial charge in [0.15, 0.2) is 5.69 Å². The lowest BCUT2D eigenvalue weighted by molar-refractivity contribution is 0.0690. The summed E-state index contributed by atoms with van der Waals surface area (Å²) < 4.78 is 18.4. The molecule has 2 aromatic carbocycles.